The van der Waals surface area contributed by atoms with Crippen LogP contribution in [0.25, 0.3) is 0 Å². The summed E-state index contributed by atoms with van der Waals surface area (Å²) in [5.41, 5.74) is -0.701. The fourth-order valence-corrected chi connectivity index (χ4v) is 2.92. The molecule has 3 nitrogen and oxygen atoms in total. The summed E-state index contributed by atoms with van der Waals surface area (Å²) in [6.45, 7) is 6.19. The van der Waals surface area contributed by atoms with Gasteiger partial charge in [-0.25, -0.2) is 0 Å². The van der Waals surface area contributed by atoms with Crippen molar-refractivity contribution in [1.82, 2.24) is 5.32 Å². The van der Waals surface area contributed by atoms with Crippen LogP contribution < -0.4 is 5.32 Å². The normalized spacial score (nSPS) is 35.4. The topological polar surface area (TPSA) is 38.3 Å². The average molecular weight is 237 g/mol. The third-order valence-corrected chi connectivity index (χ3v) is 4.13. The van der Waals surface area contributed by atoms with Gasteiger partial charge in [0, 0.05) is 6.42 Å². The molecule has 1 N–H and O–H groups in total. The third kappa shape index (κ3) is 2.71. The summed E-state index contributed by atoms with van der Waals surface area (Å²) in [6, 6.07) is 0.223. The molecule has 1 amide bonds. The monoisotopic (exact) mass is 237 g/mol. The molecule has 0 bridgehead atoms. The fourth-order valence-electron chi connectivity index (χ4n) is 2.92. The molecule has 0 aromatic rings. The Morgan fingerprint density at radius 3 is 2.76 bits per heavy atom. The zero-order valence-electron chi connectivity index (χ0n) is 10.7. The van der Waals surface area contributed by atoms with E-state index in [-0.39, 0.29) is 11.9 Å². The first-order valence-corrected chi connectivity index (χ1v) is 6.71. The quantitative estimate of drug-likeness (QED) is 0.766. The fraction of sp³-hybridized carbons (Fsp3) is 0.786. The number of ether oxygens (including phenoxy) is 1. The van der Waals surface area contributed by atoms with Crippen LogP contribution in [0.5, 0.6) is 0 Å². The first-order chi connectivity index (χ1) is 8.15. The highest BCUT2D eigenvalue weighted by molar-refractivity contribution is 5.85. The van der Waals surface area contributed by atoms with Crippen molar-refractivity contribution in [2.75, 3.05) is 6.61 Å². The second-order valence-electron chi connectivity index (χ2n) is 5.51. The Balaban J connectivity index is 1.94. The minimum atomic E-state index is -0.701. The Morgan fingerprint density at radius 2 is 2.18 bits per heavy atom. The Labute approximate surface area is 104 Å². The highest BCUT2D eigenvalue weighted by atomic mass is 16.5. The van der Waals surface area contributed by atoms with Gasteiger partial charge in [0.2, 0.25) is 0 Å². The maximum absolute atomic E-state index is 12.1. The van der Waals surface area contributed by atoms with E-state index in [1.165, 1.54) is 32.1 Å². The number of rotatable bonds is 3. The predicted molar refractivity (Wildman–Crippen MR) is 67.7 cm³/mol. The van der Waals surface area contributed by atoms with Crippen molar-refractivity contribution in [2.24, 2.45) is 5.92 Å². The van der Waals surface area contributed by atoms with Crippen LogP contribution in [0.15, 0.2) is 12.7 Å². The Bertz CT molecular complexity index is 297. The van der Waals surface area contributed by atoms with Gasteiger partial charge < -0.3 is 10.1 Å². The van der Waals surface area contributed by atoms with Crippen LogP contribution in [-0.4, -0.2) is 24.2 Å². The third-order valence-electron chi connectivity index (χ3n) is 4.13. The van der Waals surface area contributed by atoms with E-state index in [2.05, 4.69) is 11.9 Å². The van der Waals surface area contributed by atoms with Crippen LogP contribution in [0.1, 0.15) is 45.4 Å². The SMILES string of the molecule is C=CC[C@]1(C)OC[C@@H](C2CCCCC2)NC1=O. The van der Waals surface area contributed by atoms with Gasteiger partial charge in [0.1, 0.15) is 5.60 Å². The lowest BCUT2D eigenvalue weighted by atomic mass is 9.83. The maximum Gasteiger partial charge on any atom is 0.252 e. The Morgan fingerprint density at radius 1 is 1.47 bits per heavy atom. The van der Waals surface area contributed by atoms with Crippen LogP contribution in [0.2, 0.25) is 0 Å². The molecule has 96 valence electrons. The lowest BCUT2D eigenvalue weighted by Crippen LogP contribution is -2.59. The molecule has 0 radical (unpaired) electrons. The highest BCUT2D eigenvalue weighted by Gasteiger charge is 2.41. The molecule has 1 saturated heterocycles. The van der Waals surface area contributed by atoms with E-state index in [0.717, 1.165) is 0 Å². The summed E-state index contributed by atoms with van der Waals surface area (Å²) in [7, 11) is 0. The van der Waals surface area contributed by atoms with Crippen molar-refractivity contribution in [3.05, 3.63) is 12.7 Å². The Kier molecular flexibility index (Phi) is 3.87. The molecule has 2 fully saturated rings. The van der Waals surface area contributed by atoms with Crippen molar-refractivity contribution in [3.8, 4) is 0 Å². The van der Waals surface area contributed by atoms with Crippen molar-refractivity contribution in [1.29, 1.82) is 0 Å². The van der Waals surface area contributed by atoms with Gasteiger partial charge in [0.25, 0.3) is 5.91 Å². The molecule has 1 aliphatic carbocycles. The van der Waals surface area contributed by atoms with Gasteiger partial charge in [0.15, 0.2) is 0 Å². The van der Waals surface area contributed by atoms with Gasteiger partial charge in [-0.2, -0.15) is 0 Å². The van der Waals surface area contributed by atoms with Gasteiger partial charge in [-0.05, 0) is 25.7 Å². The average Bonchev–Trinajstić information content (AvgIpc) is 2.34. The lowest BCUT2D eigenvalue weighted by Gasteiger charge is -2.40. The molecule has 1 saturated carbocycles. The van der Waals surface area contributed by atoms with E-state index in [1.54, 1.807) is 6.08 Å². The standard InChI is InChI=1S/C14H23NO2/c1-3-9-14(2)13(16)15-12(10-17-14)11-7-5-4-6-8-11/h3,11-12H,1,4-10H2,2H3,(H,15,16)/t12-,14-/m0/s1. The van der Waals surface area contributed by atoms with E-state index < -0.39 is 5.60 Å². The molecule has 0 aromatic heterocycles. The zero-order valence-corrected chi connectivity index (χ0v) is 10.7. The summed E-state index contributed by atoms with van der Waals surface area (Å²) in [6.07, 6.45) is 8.71. The molecule has 0 spiro atoms. The van der Waals surface area contributed by atoms with Gasteiger partial charge >= 0.3 is 0 Å². The van der Waals surface area contributed by atoms with E-state index >= 15 is 0 Å². The van der Waals surface area contributed by atoms with E-state index in [1.807, 2.05) is 6.92 Å². The molecule has 1 heterocycles. The highest BCUT2D eigenvalue weighted by Crippen LogP contribution is 2.30. The molecule has 2 rings (SSSR count). The number of nitrogens with one attached hydrogen (secondary N) is 1. The zero-order chi connectivity index (χ0) is 12.3. The number of carbonyl (C=O) groups is 1. The van der Waals surface area contributed by atoms with E-state index in [0.29, 0.717) is 18.9 Å². The minimum Gasteiger partial charge on any atom is -0.363 e. The van der Waals surface area contributed by atoms with Crippen molar-refractivity contribution in [2.45, 2.75) is 57.1 Å². The van der Waals surface area contributed by atoms with E-state index in [9.17, 15) is 4.79 Å². The van der Waals surface area contributed by atoms with Crippen LogP contribution >= 0.6 is 0 Å². The predicted octanol–water partition coefficient (Wildman–Crippen LogP) is 2.42. The van der Waals surface area contributed by atoms with Crippen LogP contribution in [0.4, 0.5) is 0 Å². The summed E-state index contributed by atoms with van der Waals surface area (Å²) < 4.78 is 5.80. The number of amides is 1. The number of hydrogen-bond acceptors (Lipinski definition) is 2. The van der Waals surface area contributed by atoms with Crippen molar-refractivity contribution in [3.63, 3.8) is 0 Å². The first-order valence-electron chi connectivity index (χ1n) is 6.71. The molecule has 2 aliphatic rings. The smallest absolute Gasteiger partial charge is 0.252 e. The molecular weight excluding hydrogens is 214 g/mol. The summed E-state index contributed by atoms with van der Waals surface area (Å²) in [5, 5.41) is 3.15. The van der Waals surface area contributed by atoms with Gasteiger partial charge in [0.05, 0.1) is 12.6 Å². The summed E-state index contributed by atoms with van der Waals surface area (Å²) in [4.78, 5) is 12.1. The van der Waals surface area contributed by atoms with Crippen molar-refractivity contribution >= 4 is 5.91 Å². The second-order valence-corrected chi connectivity index (χ2v) is 5.51. The number of carbonyl (C=O) groups excluding carboxylic acids is 1. The van der Waals surface area contributed by atoms with Gasteiger partial charge in [-0.15, -0.1) is 6.58 Å². The maximum atomic E-state index is 12.1. The molecule has 1 aliphatic heterocycles. The number of hydrogen-bond donors (Lipinski definition) is 1. The van der Waals surface area contributed by atoms with Gasteiger partial charge in [-0.1, -0.05) is 25.3 Å². The largest absolute Gasteiger partial charge is 0.363 e. The van der Waals surface area contributed by atoms with Gasteiger partial charge in [-0.3, -0.25) is 4.79 Å². The van der Waals surface area contributed by atoms with Crippen LogP contribution in [0.3, 0.4) is 0 Å². The number of morpholine rings is 1. The molecule has 3 heteroatoms. The molecular formula is C14H23NO2. The second kappa shape index (κ2) is 5.21. The minimum absolute atomic E-state index is 0.0271. The Hall–Kier alpha value is -0.830. The van der Waals surface area contributed by atoms with E-state index in [4.69, 9.17) is 4.74 Å². The van der Waals surface area contributed by atoms with Crippen molar-refractivity contribution < 1.29 is 9.53 Å². The first kappa shape index (κ1) is 12.6. The molecule has 2 atom stereocenters. The van der Waals surface area contributed by atoms with Crippen LogP contribution in [0, 0.1) is 5.92 Å². The van der Waals surface area contributed by atoms with Crippen LogP contribution in [-0.2, 0) is 9.53 Å². The summed E-state index contributed by atoms with van der Waals surface area (Å²) >= 11 is 0. The summed E-state index contributed by atoms with van der Waals surface area (Å²) in [5.74, 6) is 0.639. The molecule has 0 aromatic carbocycles. The molecule has 17 heavy (non-hydrogen) atoms. The molecule has 0 unspecified atom stereocenters. The lowest BCUT2D eigenvalue weighted by molar-refractivity contribution is -0.157.